The lowest BCUT2D eigenvalue weighted by molar-refractivity contribution is -0.115. The zero-order chi connectivity index (χ0) is 23.5. The van der Waals surface area contributed by atoms with Crippen LogP contribution in [0.3, 0.4) is 0 Å². The maximum atomic E-state index is 12.9. The summed E-state index contributed by atoms with van der Waals surface area (Å²) in [6, 6.07) is 14.6. The van der Waals surface area contributed by atoms with Crippen LogP contribution in [0.2, 0.25) is 0 Å². The third-order valence-electron chi connectivity index (χ3n) is 5.29. The predicted octanol–water partition coefficient (Wildman–Crippen LogP) is 5.00. The molecule has 1 unspecified atom stereocenters. The maximum Gasteiger partial charge on any atom is 0.243 e. The molecule has 1 N–H and O–H groups in total. The first-order chi connectivity index (χ1) is 15.1. The van der Waals surface area contributed by atoms with Crippen molar-refractivity contribution >= 4 is 44.3 Å². The fraction of sp³-hybridized carbons (Fsp3) is 0.333. The van der Waals surface area contributed by atoms with Crippen molar-refractivity contribution in [1.29, 1.82) is 0 Å². The van der Waals surface area contributed by atoms with Crippen LogP contribution in [0.25, 0.3) is 10.9 Å². The zero-order valence-corrected chi connectivity index (χ0v) is 20.7. The average molecular weight is 472 g/mol. The number of amides is 1. The van der Waals surface area contributed by atoms with Crippen LogP contribution in [0, 0.1) is 13.8 Å². The van der Waals surface area contributed by atoms with Crippen LogP contribution in [-0.4, -0.2) is 42.0 Å². The van der Waals surface area contributed by atoms with E-state index in [4.69, 9.17) is 0 Å². The van der Waals surface area contributed by atoms with Gasteiger partial charge in [0.2, 0.25) is 15.9 Å². The number of carbonyl (C=O) groups is 1. The van der Waals surface area contributed by atoms with Gasteiger partial charge in [-0.1, -0.05) is 43.3 Å². The van der Waals surface area contributed by atoms with Crippen molar-refractivity contribution in [2.75, 3.05) is 18.4 Å². The van der Waals surface area contributed by atoms with Crippen molar-refractivity contribution in [3.63, 3.8) is 0 Å². The number of hydrogen-bond acceptors (Lipinski definition) is 5. The number of pyridine rings is 1. The molecule has 32 heavy (non-hydrogen) atoms. The summed E-state index contributed by atoms with van der Waals surface area (Å²) in [6.45, 7) is 10.3. The molecule has 6 nitrogen and oxygen atoms in total. The van der Waals surface area contributed by atoms with Crippen molar-refractivity contribution in [2.24, 2.45) is 0 Å². The van der Waals surface area contributed by atoms with Crippen molar-refractivity contribution < 1.29 is 13.2 Å². The van der Waals surface area contributed by atoms with Gasteiger partial charge in [-0.3, -0.25) is 4.79 Å². The second kappa shape index (κ2) is 10.0. The van der Waals surface area contributed by atoms with E-state index in [9.17, 15) is 13.2 Å². The summed E-state index contributed by atoms with van der Waals surface area (Å²) in [5.74, 6) is -0.0981. The Bertz CT molecular complexity index is 1220. The number of hydrogen-bond donors (Lipinski definition) is 1. The highest BCUT2D eigenvalue weighted by Gasteiger charge is 2.22. The number of benzene rings is 2. The Kier molecular flexibility index (Phi) is 7.59. The first-order valence-corrected chi connectivity index (χ1v) is 12.9. The Balaban J connectivity index is 1.81. The Morgan fingerprint density at radius 1 is 1.06 bits per heavy atom. The molecule has 0 radical (unpaired) electrons. The lowest BCUT2D eigenvalue weighted by atomic mass is 10.1. The van der Waals surface area contributed by atoms with Gasteiger partial charge in [0.15, 0.2) is 0 Å². The van der Waals surface area contributed by atoms with Gasteiger partial charge < -0.3 is 5.32 Å². The lowest BCUT2D eigenvalue weighted by Gasteiger charge is -2.19. The summed E-state index contributed by atoms with van der Waals surface area (Å²) in [5, 5.41) is 4.10. The molecule has 0 aliphatic carbocycles. The Hall–Kier alpha value is -2.42. The molecular formula is C24H29N3O3S2. The normalized spacial score (nSPS) is 12.8. The van der Waals surface area contributed by atoms with E-state index in [1.807, 2.05) is 65.0 Å². The molecule has 1 heterocycles. The summed E-state index contributed by atoms with van der Waals surface area (Å²) in [6.07, 6.45) is 0. The maximum absolute atomic E-state index is 12.9. The smallest absolute Gasteiger partial charge is 0.243 e. The Labute approximate surface area is 194 Å². The molecule has 170 valence electrons. The van der Waals surface area contributed by atoms with Gasteiger partial charge in [-0.25, -0.2) is 13.4 Å². The standard InChI is InChI=1S/C24H29N3O3S2/c1-6-27(7-2)32(29,30)20-12-13-22-21(15-20)17(4)14-23(26-22)31-18(5)24(28)25-19-10-8-16(3)9-11-19/h8-15,18H,6-7H2,1-5H3,(H,25,28). The van der Waals surface area contributed by atoms with E-state index in [0.29, 0.717) is 18.6 Å². The SMILES string of the molecule is CCN(CC)S(=O)(=O)c1ccc2nc(SC(C)C(=O)Nc3ccc(C)cc3)cc(C)c2c1. The number of nitrogens with zero attached hydrogens (tertiary/aromatic N) is 2. The number of carbonyl (C=O) groups excluding carboxylic acids is 1. The molecule has 1 atom stereocenters. The van der Waals surface area contributed by atoms with Crippen LogP contribution in [0.15, 0.2) is 58.5 Å². The fourth-order valence-electron chi connectivity index (χ4n) is 3.39. The van der Waals surface area contributed by atoms with E-state index in [0.717, 1.165) is 27.2 Å². The molecule has 1 aromatic heterocycles. The molecule has 2 aromatic carbocycles. The number of aryl methyl sites for hydroxylation is 2. The first-order valence-electron chi connectivity index (χ1n) is 10.6. The minimum Gasteiger partial charge on any atom is -0.325 e. The van der Waals surface area contributed by atoms with Crippen molar-refractivity contribution in [3.8, 4) is 0 Å². The molecule has 1 amide bonds. The molecule has 0 aliphatic rings. The fourth-order valence-corrected chi connectivity index (χ4v) is 5.80. The summed E-state index contributed by atoms with van der Waals surface area (Å²) >= 11 is 1.38. The highest BCUT2D eigenvalue weighted by Crippen LogP contribution is 2.29. The van der Waals surface area contributed by atoms with Gasteiger partial charge in [-0.15, -0.1) is 0 Å². The minimum absolute atomic E-state index is 0.0981. The molecule has 0 fully saturated rings. The van der Waals surface area contributed by atoms with E-state index >= 15 is 0 Å². The first kappa shape index (κ1) is 24.2. The Morgan fingerprint density at radius 3 is 2.34 bits per heavy atom. The molecule has 0 aliphatic heterocycles. The quantitative estimate of drug-likeness (QED) is 0.468. The second-order valence-electron chi connectivity index (χ2n) is 7.66. The Morgan fingerprint density at radius 2 is 1.72 bits per heavy atom. The molecule has 0 spiro atoms. The minimum atomic E-state index is -3.53. The average Bonchev–Trinajstić information content (AvgIpc) is 2.75. The van der Waals surface area contributed by atoms with Gasteiger partial charge >= 0.3 is 0 Å². The zero-order valence-electron chi connectivity index (χ0n) is 19.0. The molecule has 8 heteroatoms. The highest BCUT2D eigenvalue weighted by molar-refractivity contribution is 8.00. The number of anilines is 1. The van der Waals surface area contributed by atoms with E-state index < -0.39 is 10.0 Å². The molecule has 3 aromatic rings. The molecule has 3 rings (SSSR count). The monoisotopic (exact) mass is 471 g/mol. The van der Waals surface area contributed by atoms with Gasteiger partial charge in [0.05, 0.1) is 20.7 Å². The van der Waals surface area contributed by atoms with E-state index in [1.54, 1.807) is 18.2 Å². The summed E-state index contributed by atoms with van der Waals surface area (Å²) in [7, 11) is -3.53. The number of rotatable bonds is 8. The third-order valence-corrected chi connectivity index (χ3v) is 8.36. The lowest BCUT2D eigenvalue weighted by Crippen LogP contribution is -2.30. The van der Waals surface area contributed by atoms with Crippen LogP contribution in [0.1, 0.15) is 31.9 Å². The molecule has 0 bridgehead atoms. The third kappa shape index (κ3) is 5.31. The van der Waals surface area contributed by atoms with Crippen molar-refractivity contribution in [2.45, 2.75) is 49.8 Å². The summed E-state index contributed by atoms with van der Waals surface area (Å²) < 4.78 is 27.2. The second-order valence-corrected chi connectivity index (χ2v) is 11.0. The number of sulfonamides is 1. The summed E-state index contributed by atoms with van der Waals surface area (Å²) in [4.78, 5) is 17.5. The van der Waals surface area contributed by atoms with Gasteiger partial charge in [0.1, 0.15) is 0 Å². The largest absolute Gasteiger partial charge is 0.325 e. The number of aromatic nitrogens is 1. The van der Waals surface area contributed by atoms with Crippen LogP contribution >= 0.6 is 11.8 Å². The predicted molar refractivity (Wildman–Crippen MR) is 132 cm³/mol. The van der Waals surface area contributed by atoms with E-state index in [-0.39, 0.29) is 16.1 Å². The van der Waals surface area contributed by atoms with Crippen molar-refractivity contribution in [3.05, 3.63) is 59.7 Å². The van der Waals surface area contributed by atoms with Gasteiger partial charge in [-0.05, 0) is 62.7 Å². The van der Waals surface area contributed by atoms with Crippen LogP contribution in [-0.2, 0) is 14.8 Å². The van der Waals surface area contributed by atoms with Gasteiger partial charge in [0, 0.05) is 24.2 Å². The van der Waals surface area contributed by atoms with Gasteiger partial charge in [-0.2, -0.15) is 4.31 Å². The van der Waals surface area contributed by atoms with Crippen LogP contribution in [0.5, 0.6) is 0 Å². The van der Waals surface area contributed by atoms with E-state index in [1.165, 1.54) is 16.1 Å². The van der Waals surface area contributed by atoms with Crippen LogP contribution in [0.4, 0.5) is 5.69 Å². The number of thioether (sulfide) groups is 1. The highest BCUT2D eigenvalue weighted by atomic mass is 32.2. The summed E-state index contributed by atoms with van der Waals surface area (Å²) in [5.41, 5.74) is 3.52. The molecular weight excluding hydrogens is 442 g/mol. The molecule has 0 saturated carbocycles. The number of fused-ring (bicyclic) bond motifs is 1. The van der Waals surface area contributed by atoms with E-state index in [2.05, 4.69) is 10.3 Å². The van der Waals surface area contributed by atoms with Crippen LogP contribution < -0.4 is 5.32 Å². The van der Waals surface area contributed by atoms with Crippen molar-refractivity contribution in [1.82, 2.24) is 9.29 Å². The van der Waals surface area contributed by atoms with Gasteiger partial charge in [0.25, 0.3) is 0 Å². The number of nitrogens with one attached hydrogen (secondary N) is 1. The topological polar surface area (TPSA) is 79.4 Å². The molecule has 0 saturated heterocycles.